The summed E-state index contributed by atoms with van der Waals surface area (Å²) >= 11 is 11.9. The van der Waals surface area contributed by atoms with E-state index >= 15 is 0 Å². The van der Waals surface area contributed by atoms with Gasteiger partial charge in [0, 0.05) is 10.0 Å². The Morgan fingerprint density at radius 2 is 1.80 bits per heavy atom. The lowest BCUT2D eigenvalue weighted by Gasteiger charge is -2.07. The van der Waals surface area contributed by atoms with Crippen molar-refractivity contribution in [1.82, 2.24) is 19.3 Å². The molecule has 0 saturated carbocycles. The molecule has 2 aromatic carbocycles. The van der Waals surface area contributed by atoms with Gasteiger partial charge in [-0.1, -0.05) is 41.4 Å². The smallest absolute Gasteiger partial charge is 0.264 e. The lowest BCUT2D eigenvalue weighted by molar-refractivity contribution is 0.745. The van der Waals surface area contributed by atoms with Crippen LogP contribution in [0, 0.1) is 0 Å². The van der Waals surface area contributed by atoms with Gasteiger partial charge in [-0.25, -0.2) is 9.67 Å². The minimum Gasteiger partial charge on any atom is -0.294 e. The lowest BCUT2D eigenvalue weighted by Crippen LogP contribution is -2.21. The maximum atomic E-state index is 12.7. The molecule has 7 heteroatoms. The summed E-state index contributed by atoms with van der Waals surface area (Å²) in [5.74, 6) is 0. The first-order chi connectivity index (χ1) is 12.1. The van der Waals surface area contributed by atoms with Gasteiger partial charge < -0.3 is 0 Å². The molecule has 0 aliphatic heterocycles. The van der Waals surface area contributed by atoms with Crippen molar-refractivity contribution in [1.29, 1.82) is 0 Å². The number of halogens is 2. The van der Waals surface area contributed by atoms with Crippen LogP contribution in [0.15, 0.2) is 65.8 Å². The summed E-state index contributed by atoms with van der Waals surface area (Å²) in [7, 11) is 0. The molecule has 0 unspecified atom stereocenters. The van der Waals surface area contributed by atoms with E-state index in [1.165, 1.54) is 12.5 Å². The summed E-state index contributed by atoms with van der Waals surface area (Å²) in [5.41, 5.74) is 2.08. The first-order valence-electron chi connectivity index (χ1n) is 7.55. The zero-order valence-corrected chi connectivity index (χ0v) is 14.4. The van der Waals surface area contributed by atoms with Crippen LogP contribution >= 0.6 is 23.2 Å². The van der Waals surface area contributed by atoms with E-state index in [0.717, 1.165) is 11.3 Å². The molecule has 0 atom stereocenters. The Labute approximate surface area is 153 Å². The second kappa shape index (κ2) is 6.35. The van der Waals surface area contributed by atoms with E-state index in [2.05, 4.69) is 10.1 Å². The molecule has 2 aromatic heterocycles. The minimum atomic E-state index is -0.145. The number of hydrogen-bond donors (Lipinski definition) is 0. The van der Waals surface area contributed by atoms with Crippen LogP contribution in [-0.2, 0) is 6.54 Å². The van der Waals surface area contributed by atoms with E-state index in [-0.39, 0.29) is 5.56 Å². The quantitative estimate of drug-likeness (QED) is 0.548. The molecule has 124 valence electrons. The zero-order chi connectivity index (χ0) is 17.4. The standard InChI is InChI=1S/C18H12Cl2N4O/c19-13-6-4-12(5-7-13)10-23-11-21-17-16(18(23)25)9-22-24(17)15-3-1-2-14(20)8-15/h1-9,11H,10H2. The van der Waals surface area contributed by atoms with Crippen LogP contribution in [0.5, 0.6) is 0 Å². The first kappa shape index (κ1) is 15.9. The number of rotatable bonds is 3. The Balaban J connectivity index is 1.77. The van der Waals surface area contributed by atoms with Gasteiger partial charge in [-0.3, -0.25) is 9.36 Å². The Kier molecular flexibility index (Phi) is 4.03. The molecular formula is C18H12Cl2N4O. The average Bonchev–Trinajstić information content (AvgIpc) is 3.04. The third-order valence-electron chi connectivity index (χ3n) is 3.87. The summed E-state index contributed by atoms with van der Waals surface area (Å²) in [6.45, 7) is 0.418. The van der Waals surface area contributed by atoms with Crippen LogP contribution in [0.25, 0.3) is 16.7 Å². The van der Waals surface area contributed by atoms with Gasteiger partial charge in [-0.2, -0.15) is 5.10 Å². The summed E-state index contributed by atoms with van der Waals surface area (Å²) < 4.78 is 3.16. The van der Waals surface area contributed by atoms with Gasteiger partial charge in [-0.05, 0) is 35.9 Å². The van der Waals surface area contributed by atoms with Crippen LogP contribution in [0.3, 0.4) is 0 Å². The lowest BCUT2D eigenvalue weighted by atomic mass is 10.2. The van der Waals surface area contributed by atoms with Gasteiger partial charge in [0.25, 0.3) is 5.56 Å². The molecule has 0 aliphatic carbocycles. The predicted molar refractivity (Wildman–Crippen MR) is 98.7 cm³/mol. The Morgan fingerprint density at radius 3 is 2.56 bits per heavy atom. The molecule has 5 nitrogen and oxygen atoms in total. The number of fused-ring (bicyclic) bond motifs is 1. The number of aromatic nitrogens is 4. The van der Waals surface area contributed by atoms with Crippen molar-refractivity contribution >= 4 is 34.2 Å². The van der Waals surface area contributed by atoms with Crippen molar-refractivity contribution in [3.63, 3.8) is 0 Å². The fraction of sp³-hybridized carbons (Fsp3) is 0.0556. The van der Waals surface area contributed by atoms with Crippen LogP contribution in [0.1, 0.15) is 5.56 Å². The fourth-order valence-electron chi connectivity index (χ4n) is 2.64. The maximum absolute atomic E-state index is 12.7. The molecular weight excluding hydrogens is 359 g/mol. The molecule has 0 bridgehead atoms. The SMILES string of the molecule is O=c1c2cnn(-c3cccc(Cl)c3)c2ncn1Cc1ccc(Cl)cc1. The Hall–Kier alpha value is -2.63. The zero-order valence-electron chi connectivity index (χ0n) is 12.9. The largest absolute Gasteiger partial charge is 0.294 e. The molecule has 0 N–H and O–H groups in total. The highest BCUT2D eigenvalue weighted by atomic mass is 35.5. The van der Waals surface area contributed by atoms with Crippen molar-refractivity contribution in [2.45, 2.75) is 6.54 Å². The summed E-state index contributed by atoms with van der Waals surface area (Å²) in [6, 6.07) is 14.6. The molecule has 0 saturated heterocycles. The van der Waals surface area contributed by atoms with E-state index in [1.807, 2.05) is 24.3 Å². The number of hydrogen-bond acceptors (Lipinski definition) is 3. The summed E-state index contributed by atoms with van der Waals surface area (Å²) in [5, 5.41) is 6.00. The van der Waals surface area contributed by atoms with Crippen LogP contribution in [0.2, 0.25) is 10.0 Å². The third kappa shape index (κ3) is 3.04. The molecule has 0 aliphatic rings. The van der Waals surface area contributed by atoms with Crippen molar-refractivity contribution < 1.29 is 0 Å². The highest BCUT2D eigenvalue weighted by Gasteiger charge is 2.12. The summed E-state index contributed by atoms with van der Waals surface area (Å²) in [6.07, 6.45) is 3.06. The predicted octanol–water partition coefficient (Wildman–Crippen LogP) is 3.94. The normalized spacial score (nSPS) is 11.1. The molecule has 0 spiro atoms. The molecule has 0 fully saturated rings. The van der Waals surface area contributed by atoms with E-state index in [4.69, 9.17) is 23.2 Å². The number of benzene rings is 2. The van der Waals surface area contributed by atoms with Crippen molar-refractivity contribution in [3.05, 3.63) is 87.0 Å². The maximum Gasteiger partial charge on any atom is 0.264 e. The van der Waals surface area contributed by atoms with Gasteiger partial charge >= 0.3 is 0 Å². The fourth-order valence-corrected chi connectivity index (χ4v) is 2.96. The van der Waals surface area contributed by atoms with E-state index in [1.54, 1.807) is 33.5 Å². The second-order valence-electron chi connectivity index (χ2n) is 5.58. The van der Waals surface area contributed by atoms with Gasteiger partial charge in [0.1, 0.15) is 11.7 Å². The second-order valence-corrected chi connectivity index (χ2v) is 6.45. The monoisotopic (exact) mass is 370 g/mol. The third-order valence-corrected chi connectivity index (χ3v) is 4.36. The molecule has 2 heterocycles. The van der Waals surface area contributed by atoms with Gasteiger partial charge in [-0.15, -0.1) is 0 Å². The van der Waals surface area contributed by atoms with Crippen molar-refractivity contribution in [2.75, 3.05) is 0 Å². The Morgan fingerprint density at radius 1 is 1.00 bits per heavy atom. The average molecular weight is 371 g/mol. The molecule has 0 amide bonds. The van der Waals surface area contributed by atoms with Crippen molar-refractivity contribution in [2.24, 2.45) is 0 Å². The van der Waals surface area contributed by atoms with Crippen molar-refractivity contribution in [3.8, 4) is 5.69 Å². The highest BCUT2D eigenvalue weighted by Crippen LogP contribution is 2.18. The summed E-state index contributed by atoms with van der Waals surface area (Å²) in [4.78, 5) is 17.1. The molecule has 25 heavy (non-hydrogen) atoms. The van der Waals surface area contributed by atoms with Gasteiger partial charge in [0.15, 0.2) is 5.65 Å². The Bertz CT molecular complexity index is 1120. The molecule has 4 aromatic rings. The van der Waals surface area contributed by atoms with E-state index in [0.29, 0.717) is 27.6 Å². The van der Waals surface area contributed by atoms with Crippen LogP contribution < -0.4 is 5.56 Å². The topological polar surface area (TPSA) is 52.7 Å². The van der Waals surface area contributed by atoms with Gasteiger partial charge in [0.05, 0.1) is 18.4 Å². The molecule has 0 radical (unpaired) electrons. The molecule has 4 rings (SSSR count). The van der Waals surface area contributed by atoms with Crippen LogP contribution in [-0.4, -0.2) is 19.3 Å². The number of nitrogens with zero attached hydrogens (tertiary/aromatic N) is 4. The van der Waals surface area contributed by atoms with Gasteiger partial charge in [0.2, 0.25) is 0 Å². The van der Waals surface area contributed by atoms with E-state index < -0.39 is 0 Å². The first-order valence-corrected chi connectivity index (χ1v) is 8.31. The minimum absolute atomic E-state index is 0.145. The van der Waals surface area contributed by atoms with E-state index in [9.17, 15) is 4.79 Å². The van der Waals surface area contributed by atoms with Crippen LogP contribution in [0.4, 0.5) is 0 Å². The highest BCUT2D eigenvalue weighted by molar-refractivity contribution is 6.30.